The van der Waals surface area contributed by atoms with Crippen LogP contribution in [0.4, 0.5) is 0 Å². The molecule has 1 aliphatic rings. The molecule has 18 heavy (non-hydrogen) atoms. The second-order valence-electron chi connectivity index (χ2n) is 3.42. The third-order valence-corrected chi connectivity index (χ3v) is 3.33. The van der Waals surface area contributed by atoms with Gasteiger partial charge in [-0.3, -0.25) is 4.79 Å². The fraction of sp³-hybridized carbons (Fsp3) is 0.300. The lowest BCUT2D eigenvalue weighted by molar-refractivity contribution is 0.0657. The highest BCUT2D eigenvalue weighted by molar-refractivity contribution is 8.14. The zero-order valence-corrected chi connectivity index (χ0v) is 10.2. The maximum absolute atomic E-state index is 11.8. The summed E-state index contributed by atoms with van der Waals surface area (Å²) in [7, 11) is 0. The summed E-state index contributed by atoms with van der Waals surface area (Å²) in [5.41, 5.74) is 6.61. The van der Waals surface area contributed by atoms with Crippen LogP contribution in [0.1, 0.15) is 34.3 Å². The van der Waals surface area contributed by atoms with Crippen LogP contribution in [0.15, 0.2) is 21.7 Å². The molecule has 1 saturated heterocycles. The molecule has 1 amide bonds. The maximum atomic E-state index is 11.8. The molecule has 0 aromatic carbocycles. The summed E-state index contributed by atoms with van der Waals surface area (Å²) in [6, 6.07) is 1.28. The van der Waals surface area contributed by atoms with Crippen LogP contribution >= 0.6 is 11.8 Å². The number of amides is 1. The number of carbonyl (C=O) groups excluding carboxylic acids is 1. The number of thioether (sulfide) groups is 1. The van der Waals surface area contributed by atoms with Crippen LogP contribution in [-0.4, -0.2) is 27.5 Å². The highest BCUT2D eigenvalue weighted by Crippen LogP contribution is 2.19. The van der Waals surface area contributed by atoms with E-state index in [-0.39, 0.29) is 10.9 Å². The fourth-order valence-corrected chi connectivity index (χ4v) is 2.09. The summed E-state index contributed by atoms with van der Waals surface area (Å²) in [5, 5.41) is 9.20. The van der Waals surface area contributed by atoms with Crippen molar-refractivity contribution >= 4 is 28.8 Å². The van der Waals surface area contributed by atoms with Crippen LogP contribution in [0.25, 0.3) is 0 Å². The van der Waals surface area contributed by atoms with Gasteiger partial charge in [-0.1, -0.05) is 18.7 Å². The highest BCUT2D eigenvalue weighted by Gasteiger charge is 2.24. The van der Waals surface area contributed by atoms with E-state index >= 15 is 0 Å². The van der Waals surface area contributed by atoms with E-state index in [9.17, 15) is 9.59 Å². The Bertz CT molecular complexity index is 511. The summed E-state index contributed by atoms with van der Waals surface area (Å²) >= 11 is 1.32. The lowest BCUT2D eigenvalue weighted by atomic mass is 10.2. The van der Waals surface area contributed by atoms with Gasteiger partial charge in [-0.2, -0.15) is 15.8 Å². The number of amidine groups is 1. The standard InChI is InChI=1S/C10H10N3O4S/c1-2-6-12-13-10(18-6)11-8(14)5-3-4-17-7(5)9(15)16/h3-4,6,12H,2H2,1H3,(H,15,16). The zero-order chi connectivity index (χ0) is 13.1. The molecule has 2 heterocycles. The van der Waals surface area contributed by atoms with E-state index in [2.05, 4.69) is 15.8 Å². The van der Waals surface area contributed by atoms with Gasteiger partial charge in [0, 0.05) is 0 Å². The van der Waals surface area contributed by atoms with Crippen molar-refractivity contribution in [3.8, 4) is 0 Å². The fourth-order valence-electron chi connectivity index (χ4n) is 1.32. The molecule has 1 atom stereocenters. The normalized spacial score (nSPS) is 20.9. The minimum absolute atomic E-state index is 0.0780. The Morgan fingerprint density at radius 3 is 3.06 bits per heavy atom. The Hall–Kier alpha value is -1.80. The number of rotatable bonds is 3. The van der Waals surface area contributed by atoms with Gasteiger partial charge in [0.05, 0.1) is 17.2 Å². The van der Waals surface area contributed by atoms with Crippen LogP contribution in [-0.2, 0) is 0 Å². The van der Waals surface area contributed by atoms with Crippen molar-refractivity contribution in [1.82, 2.24) is 10.9 Å². The first kappa shape index (κ1) is 12.7. The average molecular weight is 268 g/mol. The van der Waals surface area contributed by atoms with Crippen LogP contribution in [0.3, 0.4) is 0 Å². The molecule has 2 rings (SSSR count). The minimum Gasteiger partial charge on any atom is -0.475 e. The Morgan fingerprint density at radius 2 is 2.44 bits per heavy atom. The van der Waals surface area contributed by atoms with E-state index in [1.54, 1.807) is 0 Å². The molecule has 1 aromatic rings. The zero-order valence-electron chi connectivity index (χ0n) is 9.41. The molecule has 1 aliphatic heterocycles. The molecule has 0 bridgehead atoms. The van der Waals surface area contributed by atoms with Crippen molar-refractivity contribution in [2.75, 3.05) is 0 Å². The number of aliphatic imine (C=N–C) groups is 1. The molecule has 0 spiro atoms. The molecule has 0 saturated carbocycles. The third kappa shape index (κ3) is 2.54. The minimum atomic E-state index is -1.30. The molecule has 95 valence electrons. The van der Waals surface area contributed by atoms with Gasteiger partial charge in [0.2, 0.25) is 10.9 Å². The summed E-state index contributed by atoms with van der Waals surface area (Å²) in [4.78, 5) is 26.3. The molecule has 8 heteroatoms. The van der Waals surface area contributed by atoms with Gasteiger partial charge in [0.25, 0.3) is 5.91 Å². The second-order valence-corrected chi connectivity index (χ2v) is 4.59. The predicted molar refractivity (Wildman–Crippen MR) is 64.4 cm³/mol. The summed E-state index contributed by atoms with van der Waals surface area (Å²) in [6.45, 7) is 1.98. The number of furan rings is 1. The first-order valence-electron chi connectivity index (χ1n) is 5.18. The summed E-state index contributed by atoms with van der Waals surface area (Å²) < 4.78 is 4.71. The van der Waals surface area contributed by atoms with Gasteiger partial charge in [-0.05, 0) is 12.5 Å². The van der Waals surface area contributed by atoms with E-state index < -0.39 is 17.6 Å². The van der Waals surface area contributed by atoms with Crippen LogP contribution in [0, 0.1) is 0 Å². The number of carboxylic acids is 1. The highest BCUT2D eigenvalue weighted by atomic mass is 32.2. The van der Waals surface area contributed by atoms with E-state index in [4.69, 9.17) is 9.52 Å². The molecule has 1 radical (unpaired) electrons. The molecular weight excluding hydrogens is 258 g/mol. The smallest absolute Gasteiger partial charge is 0.372 e. The predicted octanol–water partition coefficient (Wildman–Crippen LogP) is 1.07. The van der Waals surface area contributed by atoms with E-state index in [1.165, 1.54) is 17.8 Å². The molecule has 7 nitrogen and oxygen atoms in total. The Balaban J connectivity index is 2.15. The largest absolute Gasteiger partial charge is 0.475 e. The monoisotopic (exact) mass is 268 g/mol. The Morgan fingerprint density at radius 1 is 1.67 bits per heavy atom. The molecule has 2 N–H and O–H groups in total. The van der Waals surface area contributed by atoms with Gasteiger partial charge in [-0.15, -0.1) is 0 Å². The van der Waals surface area contributed by atoms with Gasteiger partial charge >= 0.3 is 5.97 Å². The lowest BCUT2D eigenvalue weighted by Gasteiger charge is -1.98. The van der Waals surface area contributed by atoms with Crippen LogP contribution in [0.5, 0.6) is 0 Å². The number of aromatic carboxylic acids is 1. The Labute approximate surface area is 107 Å². The van der Waals surface area contributed by atoms with Gasteiger partial charge in [0.15, 0.2) is 0 Å². The van der Waals surface area contributed by atoms with E-state index in [1.807, 2.05) is 6.92 Å². The molecule has 1 aromatic heterocycles. The number of carbonyl (C=O) groups is 2. The molecule has 1 unspecified atom stereocenters. The van der Waals surface area contributed by atoms with Crippen LogP contribution in [0.2, 0.25) is 0 Å². The molecule has 0 aliphatic carbocycles. The number of nitrogens with one attached hydrogen (secondary N) is 1. The number of hydrogen-bond donors (Lipinski definition) is 2. The topological polar surface area (TPSA) is 106 Å². The van der Waals surface area contributed by atoms with Gasteiger partial charge in [-0.25, -0.2) is 4.79 Å². The quantitative estimate of drug-likeness (QED) is 0.849. The number of hydrogen-bond acceptors (Lipinski definition) is 5. The molecule has 1 fully saturated rings. The first-order valence-corrected chi connectivity index (χ1v) is 6.06. The maximum Gasteiger partial charge on any atom is 0.372 e. The van der Waals surface area contributed by atoms with E-state index in [0.717, 1.165) is 12.7 Å². The van der Waals surface area contributed by atoms with Gasteiger partial charge < -0.3 is 9.52 Å². The summed E-state index contributed by atoms with van der Waals surface area (Å²) in [5.74, 6) is -2.39. The van der Waals surface area contributed by atoms with E-state index in [0.29, 0.717) is 5.17 Å². The summed E-state index contributed by atoms with van der Waals surface area (Å²) in [6.07, 6.45) is 1.98. The third-order valence-electron chi connectivity index (χ3n) is 2.21. The van der Waals surface area contributed by atoms with Crippen molar-refractivity contribution in [2.45, 2.75) is 18.7 Å². The van der Waals surface area contributed by atoms with Crippen molar-refractivity contribution in [3.05, 3.63) is 23.7 Å². The molecular formula is C10H10N3O4S. The number of nitrogens with zero attached hydrogens (tertiary/aromatic N) is 2. The van der Waals surface area contributed by atoms with Crippen LogP contribution < -0.4 is 10.9 Å². The van der Waals surface area contributed by atoms with Gasteiger partial charge in [0.1, 0.15) is 0 Å². The number of carboxylic acid groups (broad SMARTS) is 1. The first-order chi connectivity index (χ1) is 8.61. The lowest BCUT2D eigenvalue weighted by Crippen LogP contribution is -2.24. The Kier molecular flexibility index (Phi) is 3.68. The SMILES string of the molecule is CCC1N[N]C(=NC(=O)c2ccoc2C(=O)O)S1. The second kappa shape index (κ2) is 5.23. The van der Waals surface area contributed by atoms with Crippen molar-refractivity contribution in [3.63, 3.8) is 0 Å². The van der Waals surface area contributed by atoms with Crippen molar-refractivity contribution in [1.29, 1.82) is 0 Å². The van der Waals surface area contributed by atoms with Crippen molar-refractivity contribution < 1.29 is 19.1 Å². The van der Waals surface area contributed by atoms with Crippen molar-refractivity contribution in [2.24, 2.45) is 4.99 Å². The average Bonchev–Trinajstić information content (AvgIpc) is 2.96.